The Kier molecular flexibility index (Phi) is 13.9. The van der Waals surface area contributed by atoms with Crippen molar-refractivity contribution in [3.63, 3.8) is 0 Å². The molecule has 3 N–H and O–H groups in total. The van der Waals surface area contributed by atoms with E-state index in [1.54, 1.807) is 12.1 Å². The Morgan fingerprint density at radius 2 is 2.03 bits per heavy atom. The van der Waals surface area contributed by atoms with Crippen molar-refractivity contribution in [2.24, 2.45) is 10.9 Å². The van der Waals surface area contributed by atoms with Gasteiger partial charge in [0, 0.05) is 45.4 Å². The van der Waals surface area contributed by atoms with Gasteiger partial charge in [-0.25, -0.2) is 0 Å². The maximum absolute atomic E-state index is 12.3. The van der Waals surface area contributed by atoms with E-state index in [-0.39, 0.29) is 48.4 Å². The van der Waals surface area contributed by atoms with Gasteiger partial charge in [0.25, 0.3) is 0 Å². The first-order valence-electron chi connectivity index (χ1n) is 10.6. The minimum Gasteiger partial charge on any atom is -0.406 e. The normalized spacial score (nSPS) is 17.5. The SMILES string of the molecule is CCNC(=NCC(CO)Cc1ccc(OC(F)(F)F)cc1)NCCCOC1CCOC1.I. The second kappa shape index (κ2) is 15.5. The summed E-state index contributed by atoms with van der Waals surface area (Å²) in [5.41, 5.74) is 0.801. The predicted octanol–water partition coefficient (Wildman–Crippen LogP) is 3.10. The van der Waals surface area contributed by atoms with E-state index >= 15 is 0 Å². The third-order valence-corrected chi connectivity index (χ3v) is 4.65. The average molecular weight is 575 g/mol. The van der Waals surface area contributed by atoms with Crippen molar-refractivity contribution in [2.75, 3.05) is 46.1 Å². The molecule has 1 aliphatic rings. The number of hydrogen-bond acceptors (Lipinski definition) is 5. The summed E-state index contributed by atoms with van der Waals surface area (Å²) in [4.78, 5) is 4.52. The highest BCUT2D eigenvalue weighted by atomic mass is 127. The first-order chi connectivity index (χ1) is 14.9. The molecule has 184 valence electrons. The predicted molar refractivity (Wildman–Crippen MR) is 127 cm³/mol. The lowest BCUT2D eigenvalue weighted by Crippen LogP contribution is -2.38. The van der Waals surface area contributed by atoms with Gasteiger partial charge in [0.1, 0.15) is 5.75 Å². The Labute approximate surface area is 204 Å². The van der Waals surface area contributed by atoms with Gasteiger partial charge in [-0.05, 0) is 43.9 Å². The number of benzene rings is 1. The number of nitrogens with one attached hydrogen (secondary N) is 2. The van der Waals surface area contributed by atoms with Gasteiger partial charge in [0.05, 0.1) is 12.7 Å². The zero-order chi connectivity index (χ0) is 22.5. The Bertz CT molecular complexity index is 657. The molecule has 2 rings (SSSR count). The van der Waals surface area contributed by atoms with E-state index in [9.17, 15) is 18.3 Å². The van der Waals surface area contributed by atoms with Gasteiger partial charge in [-0.2, -0.15) is 0 Å². The molecule has 1 heterocycles. The number of alkyl halides is 3. The Morgan fingerprint density at radius 1 is 1.28 bits per heavy atom. The molecule has 2 atom stereocenters. The van der Waals surface area contributed by atoms with Crippen LogP contribution in [0.3, 0.4) is 0 Å². The van der Waals surface area contributed by atoms with Gasteiger partial charge in [-0.1, -0.05) is 12.1 Å². The second-order valence-corrected chi connectivity index (χ2v) is 7.30. The summed E-state index contributed by atoms with van der Waals surface area (Å²) < 4.78 is 51.6. The molecule has 32 heavy (non-hydrogen) atoms. The number of halogens is 4. The maximum Gasteiger partial charge on any atom is 0.573 e. The van der Waals surface area contributed by atoms with Crippen LogP contribution >= 0.6 is 24.0 Å². The molecule has 0 aliphatic carbocycles. The fourth-order valence-electron chi connectivity index (χ4n) is 3.08. The summed E-state index contributed by atoms with van der Waals surface area (Å²) in [7, 11) is 0. The van der Waals surface area contributed by atoms with Gasteiger partial charge in [0.15, 0.2) is 5.96 Å². The van der Waals surface area contributed by atoms with Crippen molar-refractivity contribution in [1.82, 2.24) is 10.6 Å². The number of hydrogen-bond donors (Lipinski definition) is 3. The molecule has 1 saturated heterocycles. The van der Waals surface area contributed by atoms with Crippen LogP contribution in [0.1, 0.15) is 25.3 Å². The highest BCUT2D eigenvalue weighted by Crippen LogP contribution is 2.23. The van der Waals surface area contributed by atoms with Crippen molar-refractivity contribution in [1.29, 1.82) is 0 Å². The smallest absolute Gasteiger partial charge is 0.406 e. The van der Waals surface area contributed by atoms with E-state index in [0.717, 1.165) is 25.0 Å². The van der Waals surface area contributed by atoms with Crippen molar-refractivity contribution in [3.05, 3.63) is 29.8 Å². The summed E-state index contributed by atoms with van der Waals surface area (Å²) in [6, 6.07) is 5.66. The van der Waals surface area contributed by atoms with Gasteiger partial charge < -0.3 is 30.0 Å². The standard InChI is InChI=1S/C21H32F3N3O4.HI/c1-2-25-20(26-9-3-10-30-19-8-11-29-15-19)27-13-17(14-28)12-16-4-6-18(7-5-16)31-21(22,23)24;/h4-7,17,19,28H,2-3,8-15H2,1H3,(H2,25,26,27);1H. The number of nitrogens with zero attached hydrogens (tertiary/aromatic N) is 1. The lowest BCUT2D eigenvalue weighted by molar-refractivity contribution is -0.274. The number of aliphatic hydroxyl groups excluding tert-OH is 1. The lowest BCUT2D eigenvalue weighted by atomic mass is 10.0. The number of ether oxygens (including phenoxy) is 3. The molecule has 0 saturated carbocycles. The van der Waals surface area contributed by atoms with Crippen molar-refractivity contribution >= 4 is 29.9 Å². The molecule has 1 aliphatic heterocycles. The summed E-state index contributed by atoms with van der Waals surface area (Å²) in [5.74, 6) is 0.229. The van der Waals surface area contributed by atoms with Crippen molar-refractivity contribution < 1.29 is 32.5 Å². The van der Waals surface area contributed by atoms with E-state index < -0.39 is 6.36 Å². The van der Waals surface area contributed by atoms with Crippen LogP contribution < -0.4 is 15.4 Å². The average Bonchev–Trinajstić information content (AvgIpc) is 3.24. The molecule has 1 fully saturated rings. The van der Waals surface area contributed by atoms with Crippen LogP contribution in [-0.4, -0.2) is 69.6 Å². The minimum atomic E-state index is -4.71. The Balaban J connectivity index is 0.00000512. The van der Waals surface area contributed by atoms with Gasteiger partial charge in [-0.15, -0.1) is 37.1 Å². The molecule has 0 amide bonds. The first kappa shape index (κ1) is 28.7. The molecule has 0 bridgehead atoms. The van der Waals surface area contributed by atoms with E-state index in [1.165, 1.54) is 12.1 Å². The summed E-state index contributed by atoms with van der Waals surface area (Å²) in [5, 5.41) is 16.1. The number of aliphatic hydroxyl groups is 1. The van der Waals surface area contributed by atoms with Crippen LogP contribution in [0.25, 0.3) is 0 Å². The van der Waals surface area contributed by atoms with Crippen LogP contribution in [-0.2, 0) is 15.9 Å². The van der Waals surface area contributed by atoms with Gasteiger partial charge in [0.2, 0.25) is 0 Å². The molecule has 0 radical (unpaired) electrons. The molecule has 7 nitrogen and oxygen atoms in total. The zero-order valence-corrected chi connectivity index (χ0v) is 20.5. The van der Waals surface area contributed by atoms with E-state index in [1.807, 2.05) is 6.92 Å². The molecule has 2 unspecified atom stereocenters. The molecule has 0 spiro atoms. The fourth-order valence-corrected chi connectivity index (χ4v) is 3.08. The number of rotatable bonds is 12. The largest absolute Gasteiger partial charge is 0.573 e. The second-order valence-electron chi connectivity index (χ2n) is 7.30. The van der Waals surface area contributed by atoms with Crippen LogP contribution in [0.15, 0.2) is 29.3 Å². The van der Waals surface area contributed by atoms with Crippen LogP contribution in [0.4, 0.5) is 13.2 Å². The highest BCUT2D eigenvalue weighted by molar-refractivity contribution is 14.0. The quantitative estimate of drug-likeness (QED) is 0.154. The van der Waals surface area contributed by atoms with Gasteiger partial charge >= 0.3 is 6.36 Å². The number of guanidine groups is 1. The molecule has 1 aromatic rings. The molecular formula is C21H33F3IN3O4. The molecule has 1 aromatic carbocycles. The first-order valence-corrected chi connectivity index (χ1v) is 10.6. The van der Waals surface area contributed by atoms with Crippen LogP contribution in [0.2, 0.25) is 0 Å². The summed E-state index contributed by atoms with van der Waals surface area (Å²) >= 11 is 0. The zero-order valence-electron chi connectivity index (χ0n) is 18.2. The maximum atomic E-state index is 12.3. The van der Waals surface area contributed by atoms with E-state index in [2.05, 4.69) is 20.4 Å². The molecule has 11 heteroatoms. The van der Waals surface area contributed by atoms with E-state index in [0.29, 0.717) is 45.2 Å². The summed E-state index contributed by atoms with van der Waals surface area (Å²) in [6.07, 6.45) is -2.25. The highest BCUT2D eigenvalue weighted by Gasteiger charge is 2.31. The third-order valence-electron chi connectivity index (χ3n) is 4.65. The van der Waals surface area contributed by atoms with Crippen LogP contribution in [0, 0.1) is 5.92 Å². The molecule has 0 aromatic heterocycles. The summed E-state index contributed by atoms with van der Waals surface area (Å²) in [6.45, 7) is 5.73. The topological polar surface area (TPSA) is 84.3 Å². The van der Waals surface area contributed by atoms with Crippen LogP contribution in [0.5, 0.6) is 5.75 Å². The Morgan fingerprint density at radius 3 is 2.62 bits per heavy atom. The Hall–Kier alpha value is -1.31. The van der Waals surface area contributed by atoms with Crippen molar-refractivity contribution in [2.45, 2.75) is 38.7 Å². The number of aliphatic imine (C=N–C) groups is 1. The van der Waals surface area contributed by atoms with Crippen molar-refractivity contribution in [3.8, 4) is 5.75 Å². The molecular weight excluding hydrogens is 542 g/mol. The monoisotopic (exact) mass is 575 g/mol. The fraction of sp³-hybridized carbons (Fsp3) is 0.667. The van der Waals surface area contributed by atoms with E-state index in [4.69, 9.17) is 9.47 Å². The minimum absolute atomic E-state index is 0. The lowest BCUT2D eigenvalue weighted by Gasteiger charge is -2.16. The third kappa shape index (κ3) is 12.1. The van der Waals surface area contributed by atoms with Gasteiger partial charge in [-0.3, -0.25) is 4.99 Å².